The third-order valence-corrected chi connectivity index (χ3v) is 4.22. The number of nitriles is 1. The zero-order valence-electron chi connectivity index (χ0n) is 14.7. The maximum Gasteiger partial charge on any atom is 0.263 e. The topological polar surface area (TPSA) is 122 Å². The van der Waals surface area contributed by atoms with Crippen LogP contribution in [0.4, 0.5) is 11.5 Å². The van der Waals surface area contributed by atoms with Gasteiger partial charge in [0.05, 0.1) is 24.4 Å². The van der Waals surface area contributed by atoms with Crippen molar-refractivity contribution >= 4 is 23.1 Å². The largest absolute Gasteiger partial charge is 0.381 e. The van der Waals surface area contributed by atoms with Crippen LogP contribution in [0.2, 0.25) is 0 Å². The predicted molar refractivity (Wildman–Crippen MR) is 104 cm³/mol. The Morgan fingerprint density at radius 3 is 2.82 bits per heavy atom. The summed E-state index contributed by atoms with van der Waals surface area (Å²) >= 11 is 0. The highest BCUT2D eigenvalue weighted by molar-refractivity contribution is 6.12. The number of nitrogens with two attached hydrogens (primary N) is 1. The summed E-state index contributed by atoms with van der Waals surface area (Å²) in [6, 6.07) is 13.6. The lowest BCUT2D eigenvalue weighted by Gasteiger charge is -2.10. The molecule has 0 spiro atoms. The molecule has 4 aromatic rings. The van der Waals surface area contributed by atoms with Crippen LogP contribution in [-0.4, -0.2) is 25.5 Å². The molecule has 0 radical (unpaired) electrons. The zero-order valence-corrected chi connectivity index (χ0v) is 14.7. The zero-order chi connectivity index (χ0) is 19.5. The Kier molecular flexibility index (Phi) is 4.40. The molecule has 0 saturated heterocycles. The maximum absolute atomic E-state index is 12.9. The Hall–Kier alpha value is -4.25. The monoisotopic (exact) mass is 369 g/mol. The fourth-order valence-corrected chi connectivity index (χ4v) is 2.94. The third-order valence-electron chi connectivity index (χ3n) is 4.22. The number of anilines is 2. The van der Waals surface area contributed by atoms with Crippen molar-refractivity contribution in [1.82, 2.24) is 19.6 Å². The quantitative estimate of drug-likeness (QED) is 0.570. The molecule has 3 aromatic heterocycles. The van der Waals surface area contributed by atoms with Crippen molar-refractivity contribution in [2.45, 2.75) is 6.42 Å². The second-order valence-corrected chi connectivity index (χ2v) is 6.07. The normalized spacial score (nSPS) is 10.5. The molecule has 3 heterocycles. The van der Waals surface area contributed by atoms with Gasteiger partial charge in [-0.2, -0.15) is 5.26 Å². The van der Waals surface area contributed by atoms with Crippen LogP contribution < -0.4 is 11.1 Å². The highest BCUT2D eigenvalue weighted by Crippen LogP contribution is 2.28. The van der Waals surface area contributed by atoms with Gasteiger partial charge in [-0.25, -0.2) is 9.50 Å². The molecule has 0 atom stereocenters. The Morgan fingerprint density at radius 1 is 1.21 bits per heavy atom. The number of hydrogen-bond acceptors (Lipinski definition) is 6. The van der Waals surface area contributed by atoms with Gasteiger partial charge in [0.15, 0.2) is 11.5 Å². The summed E-state index contributed by atoms with van der Waals surface area (Å²) in [5.74, 6) is -0.373. The standard InChI is InChI=1S/C20H15N7O/c21-8-6-13-10-24-19-17(18(22)26-27(19)12-13)20(28)25-16-11-23-9-7-15(16)14-4-2-1-3-5-14/h1-5,7,9-12H,6H2,(H2,22,26)(H,25,28). The van der Waals surface area contributed by atoms with Crippen LogP contribution in [0.3, 0.4) is 0 Å². The number of nitrogens with zero attached hydrogens (tertiary/aromatic N) is 5. The number of benzene rings is 1. The van der Waals surface area contributed by atoms with E-state index < -0.39 is 5.91 Å². The van der Waals surface area contributed by atoms with E-state index in [9.17, 15) is 4.79 Å². The average molecular weight is 369 g/mol. The molecule has 0 saturated carbocycles. The fraction of sp³-hybridized carbons (Fsp3) is 0.0500. The van der Waals surface area contributed by atoms with Gasteiger partial charge in [-0.1, -0.05) is 30.3 Å². The van der Waals surface area contributed by atoms with Crippen LogP contribution in [-0.2, 0) is 6.42 Å². The summed E-state index contributed by atoms with van der Waals surface area (Å²) in [7, 11) is 0. The minimum Gasteiger partial charge on any atom is -0.381 e. The SMILES string of the molecule is N#CCc1cnc2c(C(=O)Nc3cnccc3-c3ccccc3)c(N)nn2c1. The molecule has 0 aliphatic heterocycles. The van der Waals surface area contributed by atoms with Crippen LogP contribution in [0, 0.1) is 11.3 Å². The summed E-state index contributed by atoms with van der Waals surface area (Å²) in [5.41, 5.74) is 9.49. The van der Waals surface area contributed by atoms with E-state index in [-0.39, 0.29) is 17.8 Å². The van der Waals surface area contributed by atoms with E-state index >= 15 is 0 Å². The van der Waals surface area contributed by atoms with Gasteiger partial charge in [0.1, 0.15) is 5.56 Å². The van der Waals surface area contributed by atoms with Crippen molar-refractivity contribution < 1.29 is 4.79 Å². The average Bonchev–Trinajstić information content (AvgIpc) is 3.04. The van der Waals surface area contributed by atoms with Crippen LogP contribution in [0.1, 0.15) is 15.9 Å². The molecular formula is C20H15N7O. The number of nitrogen functional groups attached to an aromatic ring is 1. The lowest BCUT2D eigenvalue weighted by Crippen LogP contribution is -2.14. The minimum atomic E-state index is -0.432. The van der Waals surface area contributed by atoms with Gasteiger partial charge in [0.2, 0.25) is 0 Å². The molecule has 0 aliphatic rings. The molecule has 1 amide bonds. The number of nitrogens with one attached hydrogen (secondary N) is 1. The Balaban J connectivity index is 1.71. The van der Waals surface area contributed by atoms with E-state index in [1.807, 2.05) is 42.5 Å². The first-order valence-corrected chi connectivity index (χ1v) is 8.48. The molecule has 28 heavy (non-hydrogen) atoms. The molecule has 1 aromatic carbocycles. The Morgan fingerprint density at radius 2 is 2.04 bits per heavy atom. The van der Waals surface area contributed by atoms with E-state index in [1.165, 1.54) is 10.7 Å². The van der Waals surface area contributed by atoms with Crippen LogP contribution in [0.25, 0.3) is 16.8 Å². The van der Waals surface area contributed by atoms with Crippen LogP contribution in [0.5, 0.6) is 0 Å². The van der Waals surface area contributed by atoms with E-state index in [0.717, 1.165) is 11.1 Å². The van der Waals surface area contributed by atoms with Crippen molar-refractivity contribution in [1.29, 1.82) is 5.26 Å². The Bertz CT molecular complexity index is 1210. The number of carbonyl (C=O) groups excluding carboxylic acids is 1. The number of rotatable bonds is 4. The number of carbonyl (C=O) groups is 1. The first-order chi connectivity index (χ1) is 13.7. The number of amides is 1. The molecular weight excluding hydrogens is 354 g/mol. The summed E-state index contributed by atoms with van der Waals surface area (Å²) in [5, 5.41) is 15.8. The van der Waals surface area contributed by atoms with Crippen LogP contribution >= 0.6 is 0 Å². The minimum absolute atomic E-state index is 0.0595. The first kappa shape index (κ1) is 17.2. The van der Waals surface area contributed by atoms with Crippen molar-refractivity contribution in [3.8, 4) is 17.2 Å². The number of aromatic nitrogens is 4. The van der Waals surface area contributed by atoms with Gasteiger partial charge < -0.3 is 11.1 Å². The molecule has 0 fully saturated rings. The van der Waals surface area contributed by atoms with Gasteiger partial charge >= 0.3 is 0 Å². The molecule has 4 rings (SSSR count). The van der Waals surface area contributed by atoms with Crippen molar-refractivity contribution in [3.63, 3.8) is 0 Å². The number of hydrogen-bond donors (Lipinski definition) is 2. The highest BCUT2D eigenvalue weighted by Gasteiger charge is 2.20. The lowest BCUT2D eigenvalue weighted by molar-refractivity contribution is 0.102. The second kappa shape index (κ2) is 7.17. The van der Waals surface area contributed by atoms with E-state index in [1.54, 1.807) is 18.6 Å². The van der Waals surface area contributed by atoms with Crippen molar-refractivity contribution in [3.05, 3.63) is 72.3 Å². The number of pyridine rings is 1. The van der Waals surface area contributed by atoms with Crippen molar-refractivity contribution in [2.24, 2.45) is 0 Å². The van der Waals surface area contributed by atoms with E-state index in [0.29, 0.717) is 16.9 Å². The molecule has 0 bridgehead atoms. The lowest BCUT2D eigenvalue weighted by atomic mass is 10.1. The molecule has 8 nitrogen and oxygen atoms in total. The third kappa shape index (κ3) is 3.12. The van der Waals surface area contributed by atoms with Gasteiger partial charge in [0, 0.05) is 29.7 Å². The Labute approximate surface area is 160 Å². The van der Waals surface area contributed by atoms with Gasteiger partial charge in [-0.15, -0.1) is 5.10 Å². The first-order valence-electron chi connectivity index (χ1n) is 8.48. The van der Waals surface area contributed by atoms with Gasteiger partial charge in [0.25, 0.3) is 5.91 Å². The molecule has 8 heteroatoms. The fourth-order valence-electron chi connectivity index (χ4n) is 2.94. The maximum atomic E-state index is 12.9. The molecule has 0 unspecified atom stereocenters. The highest BCUT2D eigenvalue weighted by atomic mass is 16.1. The smallest absolute Gasteiger partial charge is 0.263 e. The molecule has 0 aliphatic carbocycles. The summed E-state index contributed by atoms with van der Waals surface area (Å²) < 4.78 is 1.41. The van der Waals surface area contributed by atoms with Crippen molar-refractivity contribution in [2.75, 3.05) is 11.1 Å². The van der Waals surface area contributed by atoms with Gasteiger partial charge in [-0.3, -0.25) is 9.78 Å². The number of fused-ring (bicyclic) bond motifs is 1. The van der Waals surface area contributed by atoms with Crippen LogP contribution in [0.15, 0.2) is 61.2 Å². The predicted octanol–water partition coefficient (Wildman–Crippen LogP) is 2.69. The summed E-state index contributed by atoms with van der Waals surface area (Å²) in [6.45, 7) is 0. The summed E-state index contributed by atoms with van der Waals surface area (Å²) in [4.78, 5) is 21.3. The van der Waals surface area contributed by atoms with E-state index in [4.69, 9.17) is 11.0 Å². The van der Waals surface area contributed by atoms with Gasteiger partial charge in [-0.05, 0) is 11.6 Å². The molecule has 136 valence electrons. The van der Waals surface area contributed by atoms with E-state index in [2.05, 4.69) is 20.4 Å². The summed E-state index contributed by atoms with van der Waals surface area (Å²) in [6.07, 6.45) is 6.62. The second-order valence-electron chi connectivity index (χ2n) is 6.07. The molecule has 3 N–H and O–H groups in total.